The maximum Gasteiger partial charge on any atom is 0.243 e. The quantitative estimate of drug-likeness (QED) is 0.603. The Bertz CT molecular complexity index is 1070. The number of hydrogen-bond donors (Lipinski definition) is 0. The van der Waals surface area contributed by atoms with Crippen LogP contribution in [0, 0.1) is 0 Å². The van der Waals surface area contributed by atoms with Crippen molar-refractivity contribution in [2.24, 2.45) is 0 Å². The van der Waals surface area contributed by atoms with Gasteiger partial charge in [-0.3, -0.25) is 4.98 Å². The zero-order valence-electron chi connectivity index (χ0n) is 17.2. The minimum absolute atomic E-state index is 0.350. The van der Waals surface area contributed by atoms with Gasteiger partial charge >= 0.3 is 0 Å². The molecule has 2 aromatic heterocycles. The van der Waals surface area contributed by atoms with E-state index in [0.717, 1.165) is 17.8 Å². The van der Waals surface area contributed by atoms with Crippen LogP contribution in [0.1, 0.15) is 31.7 Å². The molecule has 1 aromatic carbocycles. The van der Waals surface area contributed by atoms with Gasteiger partial charge in [-0.25, -0.2) is 18.1 Å². The first-order valence-corrected chi connectivity index (χ1v) is 11.6. The summed E-state index contributed by atoms with van der Waals surface area (Å²) in [4.78, 5) is 11.3. The van der Waals surface area contributed by atoms with E-state index in [9.17, 15) is 8.42 Å². The van der Waals surface area contributed by atoms with Gasteiger partial charge in [-0.1, -0.05) is 26.0 Å². The predicted octanol–water partition coefficient (Wildman–Crippen LogP) is 2.69. The highest BCUT2D eigenvalue weighted by Crippen LogP contribution is 2.24. The van der Waals surface area contributed by atoms with Crippen LogP contribution in [0.2, 0.25) is 0 Å². The Morgan fingerprint density at radius 3 is 2.37 bits per heavy atom. The zero-order valence-corrected chi connectivity index (χ0v) is 18.0. The molecule has 0 amide bonds. The van der Waals surface area contributed by atoms with Gasteiger partial charge in [0, 0.05) is 38.6 Å². The van der Waals surface area contributed by atoms with Crippen LogP contribution in [-0.2, 0) is 10.0 Å². The van der Waals surface area contributed by atoms with Gasteiger partial charge < -0.3 is 4.90 Å². The molecule has 1 unspecified atom stereocenters. The molecule has 3 aromatic rings. The van der Waals surface area contributed by atoms with Crippen LogP contribution in [0.4, 0.5) is 5.82 Å². The van der Waals surface area contributed by atoms with Crippen molar-refractivity contribution < 1.29 is 8.42 Å². The van der Waals surface area contributed by atoms with E-state index in [1.54, 1.807) is 39.7 Å². The van der Waals surface area contributed by atoms with Crippen LogP contribution in [0.25, 0.3) is 5.82 Å². The van der Waals surface area contributed by atoms with Crippen molar-refractivity contribution in [2.75, 3.05) is 31.1 Å². The average Bonchev–Trinajstić information content (AvgIpc) is 3.34. The average molecular weight is 427 g/mol. The summed E-state index contributed by atoms with van der Waals surface area (Å²) in [5.74, 6) is 1.77. The monoisotopic (exact) mass is 426 g/mol. The van der Waals surface area contributed by atoms with Crippen LogP contribution in [-0.4, -0.2) is 58.7 Å². The van der Waals surface area contributed by atoms with Crippen molar-refractivity contribution in [3.8, 4) is 5.82 Å². The van der Waals surface area contributed by atoms with Gasteiger partial charge in [0.2, 0.25) is 10.0 Å². The second-order valence-electron chi connectivity index (χ2n) is 7.46. The van der Waals surface area contributed by atoms with Crippen molar-refractivity contribution in [3.05, 3.63) is 60.7 Å². The highest BCUT2D eigenvalue weighted by molar-refractivity contribution is 7.89. The Morgan fingerprint density at radius 2 is 1.73 bits per heavy atom. The molecule has 1 aliphatic heterocycles. The Morgan fingerprint density at radius 1 is 1.03 bits per heavy atom. The number of hydrogen-bond acceptors (Lipinski definition) is 6. The van der Waals surface area contributed by atoms with Gasteiger partial charge in [-0.15, -0.1) is 0 Å². The van der Waals surface area contributed by atoms with E-state index in [-0.39, 0.29) is 0 Å². The molecule has 0 N–H and O–H groups in total. The van der Waals surface area contributed by atoms with Crippen LogP contribution in [0.15, 0.2) is 60.0 Å². The SMILES string of the molecule is CCC(C)c1ccc(S(=O)(=O)N2CCN(c3cncc(-n4cccn4)n3)CC2)cc1. The molecule has 3 heterocycles. The van der Waals surface area contributed by atoms with E-state index in [2.05, 4.69) is 33.8 Å². The van der Waals surface area contributed by atoms with Gasteiger partial charge in [0.15, 0.2) is 5.82 Å². The van der Waals surface area contributed by atoms with Gasteiger partial charge in [0.25, 0.3) is 0 Å². The molecule has 0 aliphatic carbocycles. The standard InChI is InChI=1S/C21H26N6O2S/c1-3-17(2)18-5-7-19(8-6-18)30(28,29)26-13-11-25(12-14-26)20-15-22-16-21(24-20)27-10-4-9-23-27/h4-10,15-17H,3,11-14H2,1-2H3. The lowest BCUT2D eigenvalue weighted by molar-refractivity contribution is 0.383. The second-order valence-corrected chi connectivity index (χ2v) is 9.39. The molecule has 1 atom stereocenters. The highest BCUT2D eigenvalue weighted by Gasteiger charge is 2.29. The molecule has 30 heavy (non-hydrogen) atoms. The van der Waals surface area contributed by atoms with Crippen molar-refractivity contribution in [3.63, 3.8) is 0 Å². The summed E-state index contributed by atoms with van der Waals surface area (Å²) in [6.45, 7) is 6.20. The third kappa shape index (κ3) is 4.08. The van der Waals surface area contributed by atoms with Gasteiger partial charge in [-0.05, 0) is 36.1 Å². The molecule has 1 aliphatic rings. The van der Waals surface area contributed by atoms with Gasteiger partial charge in [-0.2, -0.15) is 9.40 Å². The Labute approximate surface area is 177 Å². The summed E-state index contributed by atoms with van der Waals surface area (Å²) in [5.41, 5.74) is 1.16. The van der Waals surface area contributed by atoms with Crippen LogP contribution in [0.3, 0.4) is 0 Å². The largest absolute Gasteiger partial charge is 0.353 e. The van der Waals surface area contributed by atoms with E-state index >= 15 is 0 Å². The number of anilines is 1. The lowest BCUT2D eigenvalue weighted by Crippen LogP contribution is -2.49. The summed E-state index contributed by atoms with van der Waals surface area (Å²) in [7, 11) is -3.50. The molecule has 8 nitrogen and oxygen atoms in total. The lowest BCUT2D eigenvalue weighted by atomic mass is 9.99. The van der Waals surface area contributed by atoms with Crippen LogP contribution < -0.4 is 4.90 Å². The number of aromatic nitrogens is 4. The normalized spacial score (nSPS) is 16.5. The molecule has 0 bridgehead atoms. The molecule has 0 spiro atoms. The Kier molecular flexibility index (Phi) is 5.83. The van der Waals surface area contributed by atoms with Crippen LogP contribution >= 0.6 is 0 Å². The second kappa shape index (κ2) is 8.53. The summed E-state index contributed by atoms with van der Waals surface area (Å²) >= 11 is 0. The van der Waals surface area contributed by atoms with E-state index < -0.39 is 10.0 Å². The smallest absolute Gasteiger partial charge is 0.243 e. The minimum atomic E-state index is -3.50. The Balaban J connectivity index is 1.44. The van der Waals surface area contributed by atoms with E-state index in [0.29, 0.717) is 42.8 Å². The summed E-state index contributed by atoms with van der Waals surface area (Å²) < 4.78 is 29.3. The van der Waals surface area contributed by atoms with Crippen molar-refractivity contribution in [1.29, 1.82) is 0 Å². The van der Waals surface area contributed by atoms with E-state index in [1.165, 1.54) is 0 Å². The first-order chi connectivity index (χ1) is 14.5. The molecule has 0 saturated carbocycles. The molecular formula is C21H26N6O2S. The van der Waals surface area contributed by atoms with E-state index in [4.69, 9.17) is 0 Å². The fourth-order valence-corrected chi connectivity index (χ4v) is 4.95. The fraction of sp³-hybridized carbons (Fsp3) is 0.381. The zero-order chi connectivity index (χ0) is 21.1. The molecule has 1 fully saturated rings. The van der Waals surface area contributed by atoms with Gasteiger partial charge in [0.1, 0.15) is 5.82 Å². The topological polar surface area (TPSA) is 84.2 Å². The first kappa shape index (κ1) is 20.5. The summed E-state index contributed by atoms with van der Waals surface area (Å²) in [5, 5.41) is 4.18. The van der Waals surface area contributed by atoms with Crippen molar-refractivity contribution in [1.82, 2.24) is 24.1 Å². The molecule has 158 valence electrons. The van der Waals surface area contributed by atoms with Crippen LogP contribution in [0.5, 0.6) is 0 Å². The molecule has 9 heteroatoms. The van der Waals surface area contributed by atoms with Crippen molar-refractivity contribution in [2.45, 2.75) is 31.1 Å². The molecule has 0 radical (unpaired) electrons. The third-order valence-corrected chi connectivity index (χ3v) is 7.52. The predicted molar refractivity (Wildman–Crippen MR) is 115 cm³/mol. The number of sulfonamides is 1. The van der Waals surface area contributed by atoms with Crippen molar-refractivity contribution >= 4 is 15.8 Å². The summed E-state index contributed by atoms with van der Waals surface area (Å²) in [6, 6.07) is 9.12. The number of rotatable bonds is 6. The first-order valence-electron chi connectivity index (χ1n) is 10.2. The Hall–Kier alpha value is -2.78. The third-order valence-electron chi connectivity index (χ3n) is 5.61. The minimum Gasteiger partial charge on any atom is -0.353 e. The fourth-order valence-electron chi connectivity index (χ4n) is 3.52. The van der Waals surface area contributed by atoms with E-state index in [1.807, 2.05) is 24.4 Å². The highest BCUT2D eigenvalue weighted by atomic mass is 32.2. The lowest BCUT2D eigenvalue weighted by Gasteiger charge is -2.34. The number of piperazine rings is 1. The maximum atomic E-state index is 13.1. The number of nitrogens with zero attached hydrogens (tertiary/aromatic N) is 6. The maximum absolute atomic E-state index is 13.1. The number of benzene rings is 1. The van der Waals surface area contributed by atoms with Gasteiger partial charge in [0.05, 0.1) is 17.3 Å². The molecule has 1 saturated heterocycles. The summed E-state index contributed by atoms with van der Waals surface area (Å²) in [6.07, 6.45) is 7.88. The molecule has 4 rings (SSSR count). The molecular weight excluding hydrogens is 400 g/mol.